The molecule has 2 rings (SSSR count). The highest BCUT2D eigenvalue weighted by Gasteiger charge is 2.23. The average Bonchev–Trinajstić information content (AvgIpc) is 2.57. The molecule has 120 valence electrons. The molecule has 1 aliphatic rings. The standard InChI is InChI=1S/C19H26BrNO/c1-3-7-18(20)19(21-2)14-22-17-12-10-16(11-13-17)15-8-5-4-6-9-15/h4-9,16-17H,3,10-14H2,1-2H3/b18-7+,21-19?. The van der Waals surface area contributed by atoms with Crippen LogP contribution in [-0.2, 0) is 4.74 Å². The van der Waals surface area contributed by atoms with Gasteiger partial charge in [0.1, 0.15) is 0 Å². The molecule has 0 atom stereocenters. The lowest BCUT2D eigenvalue weighted by molar-refractivity contribution is 0.0486. The first-order valence-corrected chi connectivity index (χ1v) is 9.02. The van der Waals surface area contributed by atoms with E-state index in [1.54, 1.807) is 0 Å². The summed E-state index contributed by atoms with van der Waals surface area (Å²) in [6.45, 7) is 2.73. The van der Waals surface area contributed by atoms with Crippen molar-refractivity contribution in [2.45, 2.75) is 51.0 Å². The molecule has 3 heteroatoms. The topological polar surface area (TPSA) is 21.6 Å². The molecule has 0 aliphatic heterocycles. The van der Waals surface area contributed by atoms with E-state index in [0.29, 0.717) is 18.6 Å². The number of ether oxygens (including phenoxy) is 1. The third-order valence-corrected chi connectivity index (χ3v) is 5.11. The molecule has 0 heterocycles. The monoisotopic (exact) mass is 363 g/mol. The summed E-state index contributed by atoms with van der Waals surface area (Å²) in [6, 6.07) is 10.9. The van der Waals surface area contributed by atoms with Crippen LogP contribution in [0.2, 0.25) is 0 Å². The predicted molar refractivity (Wildman–Crippen MR) is 98.1 cm³/mol. The summed E-state index contributed by atoms with van der Waals surface area (Å²) in [5.41, 5.74) is 2.48. The zero-order valence-electron chi connectivity index (χ0n) is 13.6. The zero-order chi connectivity index (χ0) is 15.8. The van der Waals surface area contributed by atoms with Crippen LogP contribution in [0.3, 0.4) is 0 Å². The second-order valence-electron chi connectivity index (χ2n) is 5.83. The molecule has 1 saturated carbocycles. The molecule has 1 fully saturated rings. The molecule has 0 aromatic heterocycles. The van der Waals surface area contributed by atoms with E-state index >= 15 is 0 Å². The third kappa shape index (κ3) is 5.06. The highest BCUT2D eigenvalue weighted by atomic mass is 79.9. The van der Waals surface area contributed by atoms with Crippen LogP contribution in [0.4, 0.5) is 0 Å². The molecule has 0 amide bonds. The Balaban J connectivity index is 1.79. The molecule has 0 N–H and O–H groups in total. The predicted octanol–water partition coefficient (Wildman–Crippen LogP) is 5.49. The number of hydrogen-bond acceptors (Lipinski definition) is 2. The first kappa shape index (κ1) is 17.4. The smallest absolute Gasteiger partial charge is 0.0898 e. The highest BCUT2D eigenvalue weighted by molar-refractivity contribution is 9.12. The van der Waals surface area contributed by atoms with E-state index in [0.717, 1.165) is 29.5 Å². The van der Waals surface area contributed by atoms with Gasteiger partial charge in [-0.15, -0.1) is 0 Å². The number of aliphatic imine (C=N–C) groups is 1. The maximum atomic E-state index is 6.09. The molecule has 2 nitrogen and oxygen atoms in total. The fourth-order valence-electron chi connectivity index (χ4n) is 3.02. The van der Waals surface area contributed by atoms with Gasteiger partial charge in [0, 0.05) is 11.5 Å². The summed E-state index contributed by atoms with van der Waals surface area (Å²) in [7, 11) is 1.83. The van der Waals surface area contributed by atoms with Crippen LogP contribution >= 0.6 is 15.9 Å². The van der Waals surface area contributed by atoms with Gasteiger partial charge >= 0.3 is 0 Å². The molecule has 22 heavy (non-hydrogen) atoms. The van der Waals surface area contributed by atoms with Gasteiger partial charge in [-0.3, -0.25) is 4.99 Å². The molecule has 1 aromatic carbocycles. The van der Waals surface area contributed by atoms with Crippen molar-refractivity contribution in [1.29, 1.82) is 0 Å². The quantitative estimate of drug-likeness (QED) is 0.612. The van der Waals surface area contributed by atoms with Gasteiger partial charge in [-0.2, -0.15) is 0 Å². The number of benzene rings is 1. The molecule has 1 aliphatic carbocycles. The van der Waals surface area contributed by atoms with Gasteiger partial charge < -0.3 is 4.74 Å². The van der Waals surface area contributed by atoms with Crippen molar-refractivity contribution in [2.24, 2.45) is 4.99 Å². The number of rotatable bonds is 6. The van der Waals surface area contributed by atoms with Crippen LogP contribution in [-0.4, -0.2) is 25.5 Å². The van der Waals surface area contributed by atoms with E-state index in [-0.39, 0.29) is 0 Å². The van der Waals surface area contributed by atoms with E-state index < -0.39 is 0 Å². The number of halogens is 1. The second-order valence-corrected chi connectivity index (χ2v) is 6.68. The van der Waals surface area contributed by atoms with Crippen molar-refractivity contribution in [3.63, 3.8) is 0 Å². The van der Waals surface area contributed by atoms with E-state index in [4.69, 9.17) is 4.74 Å². The fraction of sp³-hybridized carbons (Fsp3) is 0.526. The van der Waals surface area contributed by atoms with Gasteiger partial charge in [0.25, 0.3) is 0 Å². The Morgan fingerprint density at radius 3 is 2.50 bits per heavy atom. The van der Waals surface area contributed by atoms with E-state index in [9.17, 15) is 0 Å². The molecular weight excluding hydrogens is 338 g/mol. The lowest BCUT2D eigenvalue weighted by atomic mass is 9.83. The minimum Gasteiger partial charge on any atom is -0.372 e. The summed E-state index contributed by atoms with van der Waals surface area (Å²) in [6.07, 6.45) is 8.24. The Morgan fingerprint density at radius 1 is 1.23 bits per heavy atom. The summed E-state index contributed by atoms with van der Waals surface area (Å²) < 4.78 is 7.15. The molecule has 0 bridgehead atoms. The third-order valence-electron chi connectivity index (χ3n) is 4.33. The van der Waals surface area contributed by atoms with Crippen molar-refractivity contribution in [3.8, 4) is 0 Å². The first-order chi connectivity index (χ1) is 10.7. The number of nitrogens with zero attached hydrogens (tertiary/aromatic N) is 1. The molecule has 0 saturated heterocycles. The summed E-state index contributed by atoms with van der Waals surface area (Å²) in [5, 5.41) is 0. The lowest BCUT2D eigenvalue weighted by Gasteiger charge is -2.29. The molecule has 1 aromatic rings. The SMILES string of the molecule is CC/C=C(/Br)C(COC1CCC(c2ccccc2)CC1)=NC. The Labute approximate surface area is 142 Å². The second kappa shape index (κ2) is 9.26. The van der Waals surface area contributed by atoms with E-state index in [1.807, 2.05) is 7.05 Å². The van der Waals surface area contributed by atoms with Crippen LogP contribution < -0.4 is 0 Å². The van der Waals surface area contributed by atoms with Crippen LogP contribution in [0.25, 0.3) is 0 Å². The van der Waals surface area contributed by atoms with E-state index in [1.165, 1.54) is 18.4 Å². The van der Waals surface area contributed by atoms with Crippen molar-refractivity contribution >= 4 is 21.6 Å². The molecule has 0 spiro atoms. The molecular formula is C19H26BrNO. The largest absolute Gasteiger partial charge is 0.372 e. The van der Waals surface area contributed by atoms with Crippen LogP contribution in [0, 0.1) is 0 Å². The minimum absolute atomic E-state index is 0.374. The summed E-state index contributed by atoms with van der Waals surface area (Å²) in [4.78, 5) is 4.33. The van der Waals surface area contributed by atoms with Crippen LogP contribution in [0.5, 0.6) is 0 Å². The van der Waals surface area contributed by atoms with Gasteiger partial charge in [0.05, 0.1) is 18.4 Å². The minimum atomic E-state index is 0.374. The average molecular weight is 364 g/mol. The zero-order valence-corrected chi connectivity index (χ0v) is 15.2. The molecule has 0 radical (unpaired) electrons. The Hall–Kier alpha value is -0.930. The summed E-state index contributed by atoms with van der Waals surface area (Å²) >= 11 is 3.58. The fourth-order valence-corrected chi connectivity index (χ4v) is 3.64. The number of allylic oxidation sites excluding steroid dienone is 1. The summed E-state index contributed by atoms with van der Waals surface area (Å²) in [5.74, 6) is 0.701. The van der Waals surface area contributed by atoms with Crippen molar-refractivity contribution in [3.05, 3.63) is 46.5 Å². The van der Waals surface area contributed by atoms with Gasteiger partial charge in [-0.1, -0.05) is 43.3 Å². The maximum Gasteiger partial charge on any atom is 0.0898 e. The van der Waals surface area contributed by atoms with Gasteiger partial charge in [0.15, 0.2) is 0 Å². The Bertz CT molecular complexity index is 501. The van der Waals surface area contributed by atoms with Gasteiger partial charge in [-0.05, 0) is 59.5 Å². The Kier molecular flexibility index (Phi) is 7.34. The van der Waals surface area contributed by atoms with Crippen LogP contribution in [0.1, 0.15) is 50.5 Å². The maximum absolute atomic E-state index is 6.09. The van der Waals surface area contributed by atoms with Crippen molar-refractivity contribution < 1.29 is 4.74 Å². The highest BCUT2D eigenvalue weighted by Crippen LogP contribution is 2.33. The molecule has 0 unspecified atom stereocenters. The normalized spacial score (nSPS) is 23.6. The van der Waals surface area contributed by atoms with Gasteiger partial charge in [0.2, 0.25) is 0 Å². The first-order valence-electron chi connectivity index (χ1n) is 8.22. The van der Waals surface area contributed by atoms with Crippen molar-refractivity contribution in [2.75, 3.05) is 13.7 Å². The van der Waals surface area contributed by atoms with E-state index in [2.05, 4.69) is 64.3 Å². The van der Waals surface area contributed by atoms with Gasteiger partial charge in [-0.25, -0.2) is 0 Å². The lowest BCUT2D eigenvalue weighted by Crippen LogP contribution is -2.23. The Morgan fingerprint density at radius 2 is 1.91 bits per heavy atom. The van der Waals surface area contributed by atoms with Crippen molar-refractivity contribution in [1.82, 2.24) is 0 Å². The number of hydrogen-bond donors (Lipinski definition) is 0. The van der Waals surface area contributed by atoms with Crippen LogP contribution in [0.15, 0.2) is 45.9 Å².